The molecule has 150 valence electrons. The predicted molar refractivity (Wildman–Crippen MR) is 117 cm³/mol. The van der Waals surface area contributed by atoms with E-state index in [0.717, 1.165) is 16.8 Å². The van der Waals surface area contributed by atoms with Crippen molar-refractivity contribution in [1.29, 1.82) is 0 Å². The lowest BCUT2D eigenvalue weighted by atomic mass is 10.1. The second-order valence-corrected chi connectivity index (χ2v) is 7.78. The van der Waals surface area contributed by atoms with E-state index in [9.17, 15) is 4.79 Å². The van der Waals surface area contributed by atoms with E-state index >= 15 is 0 Å². The zero-order valence-corrected chi connectivity index (χ0v) is 17.6. The van der Waals surface area contributed by atoms with Gasteiger partial charge in [-0.05, 0) is 38.1 Å². The topological polar surface area (TPSA) is 69.0 Å². The predicted octanol–water partition coefficient (Wildman–Crippen LogP) is 4.03. The molecule has 2 aromatic carbocycles. The van der Waals surface area contributed by atoms with Gasteiger partial charge >= 0.3 is 0 Å². The van der Waals surface area contributed by atoms with Gasteiger partial charge in [0.05, 0.1) is 17.9 Å². The third-order valence-electron chi connectivity index (χ3n) is 4.35. The highest BCUT2D eigenvalue weighted by Crippen LogP contribution is 2.34. The fourth-order valence-corrected chi connectivity index (χ4v) is 3.70. The second kappa shape index (κ2) is 9.43. The van der Waals surface area contributed by atoms with Crippen molar-refractivity contribution in [3.05, 3.63) is 66.7 Å². The standard InChI is InChI=1S/C22H24N4O2S/c1-5-14-23-21(27)16(3)29-22-25-24-20(18-8-6-7-9-19(18)28-4)26(22)17-12-10-15(2)11-13-17/h5-13,16H,1,14H2,2-4H3,(H,23,27). The van der Waals surface area contributed by atoms with Crippen LogP contribution in [0.4, 0.5) is 0 Å². The van der Waals surface area contributed by atoms with E-state index < -0.39 is 0 Å². The van der Waals surface area contributed by atoms with Crippen LogP contribution >= 0.6 is 11.8 Å². The van der Waals surface area contributed by atoms with Gasteiger partial charge in [-0.25, -0.2) is 0 Å². The van der Waals surface area contributed by atoms with Crippen molar-refractivity contribution in [1.82, 2.24) is 20.1 Å². The molecule has 7 heteroatoms. The van der Waals surface area contributed by atoms with E-state index in [0.29, 0.717) is 23.3 Å². The molecule has 0 fully saturated rings. The van der Waals surface area contributed by atoms with Crippen molar-refractivity contribution in [2.45, 2.75) is 24.3 Å². The minimum Gasteiger partial charge on any atom is -0.496 e. The van der Waals surface area contributed by atoms with Crippen molar-refractivity contribution in [3.63, 3.8) is 0 Å². The average molecular weight is 409 g/mol. The molecule has 0 saturated carbocycles. The third-order valence-corrected chi connectivity index (χ3v) is 5.39. The fraction of sp³-hybridized carbons (Fsp3) is 0.227. The van der Waals surface area contributed by atoms with Crippen molar-refractivity contribution in [2.24, 2.45) is 0 Å². The average Bonchev–Trinajstić information content (AvgIpc) is 3.15. The molecule has 1 unspecified atom stereocenters. The van der Waals surface area contributed by atoms with Crippen LogP contribution in [0.5, 0.6) is 5.75 Å². The van der Waals surface area contributed by atoms with Crippen molar-refractivity contribution >= 4 is 17.7 Å². The molecule has 3 rings (SSSR count). The van der Waals surface area contributed by atoms with Gasteiger partial charge in [-0.2, -0.15) is 0 Å². The van der Waals surface area contributed by atoms with Crippen LogP contribution in [0.3, 0.4) is 0 Å². The van der Waals surface area contributed by atoms with Gasteiger partial charge < -0.3 is 10.1 Å². The minimum atomic E-state index is -0.339. The number of para-hydroxylation sites is 1. The Morgan fingerprint density at radius 2 is 1.97 bits per heavy atom. The number of nitrogens with one attached hydrogen (secondary N) is 1. The summed E-state index contributed by atoms with van der Waals surface area (Å²) in [5.74, 6) is 1.29. The van der Waals surface area contributed by atoms with Gasteiger partial charge in [-0.3, -0.25) is 9.36 Å². The summed E-state index contributed by atoms with van der Waals surface area (Å²) < 4.78 is 7.48. The summed E-state index contributed by atoms with van der Waals surface area (Å²) in [6, 6.07) is 15.8. The van der Waals surface area contributed by atoms with Gasteiger partial charge in [0.2, 0.25) is 5.91 Å². The lowest BCUT2D eigenvalue weighted by Crippen LogP contribution is -2.31. The number of hydrogen-bond acceptors (Lipinski definition) is 5. The van der Waals surface area contributed by atoms with Crippen LogP contribution in [-0.4, -0.2) is 39.6 Å². The first-order valence-corrected chi connectivity index (χ1v) is 10.1. The Labute approximate surface area is 175 Å². The van der Waals surface area contributed by atoms with Crippen LogP contribution in [0.15, 0.2) is 66.3 Å². The summed E-state index contributed by atoms with van der Waals surface area (Å²) in [6.07, 6.45) is 1.66. The Balaban J connectivity index is 2.05. The Bertz CT molecular complexity index is 998. The van der Waals surface area contributed by atoms with Crippen molar-refractivity contribution in [2.75, 3.05) is 13.7 Å². The summed E-state index contributed by atoms with van der Waals surface area (Å²) in [7, 11) is 1.63. The molecular formula is C22H24N4O2S. The number of ether oxygens (including phenoxy) is 1. The highest BCUT2D eigenvalue weighted by Gasteiger charge is 2.23. The lowest BCUT2D eigenvalue weighted by Gasteiger charge is -2.14. The molecule has 1 amide bonds. The maximum absolute atomic E-state index is 12.3. The maximum atomic E-state index is 12.3. The maximum Gasteiger partial charge on any atom is 0.233 e. The molecule has 1 N–H and O–H groups in total. The van der Waals surface area contributed by atoms with Gasteiger partial charge in [-0.15, -0.1) is 16.8 Å². The number of aromatic nitrogens is 3. The highest BCUT2D eigenvalue weighted by atomic mass is 32.2. The Morgan fingerprint density at radius 1 is 1.24 bits per heavy atom. The van der Waals surface area contributed by atoms with Crippen LogP contribution in [0, 0.1) is 6.92 Å². The molecule has 0 saturated heterocycles. The van der Waals surface area contributed by atoms with E-state index in [-0.39, 0.29) is 11.2 Å². The molecule has 0 aliphatic carbocycles. The van der Waals surface area contributed by atoms with Crippen LogP contribution in [0.2, 0.25) is 0 Å². The SMILES string of the molecule is C=CCNC(=O)C(C)Sc1nnc(-c2ccccc2OC)n1-c1ccc(C)cc1. The van der Waals surface area contributed by atoms with Gasteiger partial charge in [0.1, 0.15) is 5.75 Å². The highest BCUT2D eigenvalue weighted by molar-refractivity contribution is 8.00. The van der Waals surface area contributed by atoms with Gasteiger partial charge in [-0.1, -0.05) is 47.7 Å². The number of amides is 1. The van der Waals surface area contributed by atoms with Crippen LogP contribution < -0.4 is 10.1 Å². The molecule has 0 radical (unpaired) electrons. The zero-order chi connectivity index (χ0) is 20.8. The number of thioether (sulfide) groups is 1. The number of hydrogen-bond donors (Lipinski definition) is 1. The van der Waals surface area contributed by atoms with Crippen LogP contribution in [-0.2, 0) is 4.79 Å². The molecule has 3 aromatic rings. The summed E-state index contributed by atoms with van der Waals surface area (Å²) >= 11 is 1.36. The van der Waals surface area contributed by atoms with Crippen molar-refractivity contribution in [3.8, 4) is 22.8 Å². The molecule has 0 spiro atoms. The number of nitrogens with zero attached hydrogens (tertiary/aromatic N) is 3. The van der Waals surface area contributed by atoms with Gasteiger partial charge in [0.25, 0.3) is 0 Å². The number of carbonyl (C=O) groups is 1. The number of benzene rings is 2. The fourth-order valence-electron chi connectivity index (χ4n) is 2.80. The number of aryl methyl sites for hydroxylation is 1. The summed E-state index contributed by atoms with van der Waals surface area (Å²) in [4.78, 5) is 12.3. The van der Waals surface area contributed by atoms with Gasteiger partial charge in [0, 0.05) is 12.2 Å². The number of rotatable bonds is 8. The molecule has 1 aromatic heterocycles. The Morgan fingerprint density at radius 3 is 2.66 bits per heavy atom. The van der Waals surface area contributed by atoms with Crippen LogP contribution in [0.25, 0.3) is 17.1 Å². The Kier molecular flexibility index (Phi) is 6.72. The van der Waals surface area contributed by atoms with E-state index in [1.54, 1.807) is 13.2 Å². The second-order valence-electron chi connectivity index (χ2n) is 6.47. The summed E-state index contributed by atoms with van der Waals surface area (Å²) in [5, 5.41) is 11.9. The molecule has 0 aliphatic rings. The number of methoxy groups -OCH3 is 1. The molecular weight excluding hydrogens is 384 g/mol. The summed E-state index contributed by atoms with van der Waals surface area (Å²) in [5.41, 5.74) is 2.91. The molecule has 1 heterocycles. The van der Waals surface area contributed by atoms with E-state index in [1.165, 1.54) is 11.8 Å². The monoisotopic (exact) mass is 408 g/mol. The largest absolute Gasteiger partial charge is 0.496 e. The molecule has 29 heavy (non-hydrogen) atoms. The lowest BCUT2D eigenvalue weighted by molar-refractivity contribution is -0.120. The summed E-state index contributed by atoms with van der Waals surface area (Å²) in [6.45, 7) is 7.95. The number of carbonyl (C=O) groups excluding carboxylic acids is 1. The quantitative estimate of drug-likeness (QED) is 0.450. The first kappa shape index (κ1) is 20.7. The van der Waals surface area contributed by atoms with Gasteiger partial charge in [0.15, 0.2) is 11.0 Å². The van der Waals surface area contributed by atoms with E-state index in [1.807, 2.05) is 66.9 Å². The Hall–Kier alpha value is -3.06. The zero-order valence-electron chi connectivity index (χ0n) is 16.8. The molecule has 0 aliphatic heterocycles. The van der Waals surface area contributed by atoms with Crippen molar-refractivity contribution < 1.29 is 9.53 Å². The van der Waals surface area contributed by atoms with E-state index in [2.05, 4.69) is 22.1 Å². The third kappa shape index (κ3) is 4.68. The first-order chi connectivity index (χ1) is 14.0. The molecule has 1 atom stereocenters. The van der Waals surface area contributed by atoms with E-state index in [4.69, 9.17) is 4.74 Å². The smallest absolute Gasteiger partial charge is 0.233 e. The molecule has 6 nitrogen and oxygen atoms in total. The first-order valence-electron chi connectivity index (χ1n) is 9.26. The van der Waals surface area contributed by atoms with Crippen LogP contribution in [0.1, 0.15) is 12.5 Å². The minimum absolute atomic E-state index is 0.0767. The molecule has 0 bridgehead atoms. The normalized spacial score (nSPS) is 11.7.